The van der Waals surface area contributed by atoms with Gasteiger partial charge in [0.15, 0.2) is 0 Å². The minimum atomic E-state index is -0.127. The van der Waals surface area contributed by atoms with E-state index in [0.29, 0.717) is 36.0 Å². The molecular formula is C21H21N3O2. The van der Waals surface area contributed by atoms with Crippen molar-refractivity contribution in [1.82, 2.24) is 15.3 Å². The molecule has 3 aromatic rings. The molecule has 0 fully saturated rings. The minimum Gasteiger partial charge on any atom is -0.349 e. The summed E-state index contributed by atoms with van der Waals surface area (Å²) in [6, 6.07) is 15.7. The van der Waals surface area contributed by atoms with Gasteiger partial charge < -0.3 is 10.3 Å². The molecule has 0 radical (unpaired) electrons. The third-order valence-corrected chi connectivity index (χ3v) is 4.95. The number of aromatic nitrogens is 2. The van der Waals surface area contributed by atoms with Gasteiger partial charge in [0, 0.05) is 12.8 Å². The Labute approximate surface area is 151 Å². The molecule has 1 aliphatic carbocycles. The number of carbonyl (C=O) groups is 1. The zero-order valence-electron chi connectivity index (χ0n) is 14.5. The van der Waals surface area contributed by atoms with Crippen LogP contribution in [0.5, 0.6) is 0 Å². The topological polar surface area (TPSA) is 74.8 Å². The molecule has 0 aliphatic heterocycles. The van der Waals surface area contributed by atoms with Gasteiger partial charge in [-0.1, -0.05) is 36.4 Å². The molecule has 0 spiro atoms. The van der Waals surface area contributed by atoms with Crippen LogP contribution in [0.4, 0.5) is 0 Å². The summed E-state index contributed by atoms with van der Waals surface area (Å²) in [4.78, 5) is 31.6. The highest BCUT2D eigenvalue weighted by atomic mass is 16.1. The number of aryl methyl sites for hydroxylation is 2. The van der Waals surface area contributed by atoms with Crippen LogP contribution < -0.4 is 10.9 Å². The molecule has 5 nitrogen and oxygen atoms in total. The lowest BCUT2D eigenvalue weighted by molar-refractivity contribution is -0.121. The van der Waals surface area contributed by atoms with E-state index in [1.165, 1.54) is 11.1 Å². The van der Waals surface area contributed by atoms with E-state index in [1.54, 1.807) is 6.07 Å². The third kappa shape index (κ3) is 3.38. The van der Waals surface area contributed by atoms with Crippen LogP contribution in [0.3, 0.4) is 0 Å². The Balaban J connectivity index is 1.34. The van der Waals surface area contributed by atoms with Crippen LogP contribution >= 0.6 is 0 Å². The predicted octanol–water partition coefficient (Wildman–Crippen LogP) is 3.05. The number of hydrogen-bond acceptors (Lipinski definition) is 3. The molecule has 4 rings (SSSR count). The van der Waals surface area contributed by atoms with E-state index >= 15 is 0 Å². The van der Waals surface area contributed by atoms with Gasteiger partial charge >= 0.3 is 0 Å². The first-order valence-electron chi connectivity index (χ1n) is 9.06. The molecule has 1 heterocycles. The zero-order chi connectivity index (χ0) is 17.9. The lowest BCUT2D eigenvalue weighted by Gasteiger charge is -2.14. The molecule has 1 aliphatic rings. The number of amides is 1. The van der Waals surface area contributed by atoms with Crippen molar-refractivity contribution in [2.45, 2.75) is 38.1 Å². The lowest BCUT2D eigenvalue weighted by atomic mass is 10.1. The number of H-pyrrole nitrogens is 1. The summed E-state index contributed by atoms with van der Waals surface area (Å²) >= 11 is 0. The Morgan fingerprint density at radius 2 is 1.96 bits per heavy atom. The fraction of sp³-hybridized carbons (Fsp3) is 0.286. The van der Waals surface area contributed by atoms with E-state index in [2.05, 4.69) is 27.4 Å². The maximum atomic E-state index is 12.3. The monoisotopic (exact) mass is 347 g/mol. The Kier molecular flexibility index (Phi) is 4.52. The number of aromatic amines is 1. The van der Waals surface area contributed by atoms with Crippen molar-refractivity contribution < 1.29 is 4.79 Å². The first-order chi connectivity index (χ1) is 12.7. The van der Waals surface area contributed by atoms with Gasteiger partial charge in [0.1, 0.15) is 5.82 Å². The van der Waals surface area contributed by atoms with Gasteiger partial charge in [-0.3, -0.25) is 9.59 Å². The van der Waals surface area contributed by atoms with Gasteiger partial charge in [-0.25, -0.2) is 4.98 Å². The van der Waals surface area contributed by atoms with Crippen molar-refractivity contribution in [3.8, 4) is 0 Å². The van der Waals surface area contributed by atoms with Crippen molar-refractivity contribution in [3.63, 3.8) is 0 Å². The number of rotatable bonds is 5. The summed E-state index contributed by atoms with van der Waals surface area (Å²) in [5.74, 6) is 0.683. The quantitative estimate of drug-likeness (QED) is 0.745. The second-order valence-corrected chi connectivity index (χ2v) is 6.74. The van der Waals surface area contributed by atoms with E-state index in [4.69, 9.17) is 0 Å². The zero-order valence-corrected chi connectivity index (χ0v) is 14.5. The molecule has 2 N–H and O–H groups in total. The fourth-order valence-electron chi connectivity index (χ4n) is 3.64. The standard InChI is InChI=1S/C21H21N3O2/c25-20(23-18-13-12-14-6-1-2-7-15(14)18)11-5-10-19-22-17-9-4-3-8-16(17)21(26)24-19/h1-4,6-9,18H,5,10-13H2,(H,23,25)(H,22,24,26). The summed E-state index contributed by atoms with van der Waals surface area (Å²) < 4.78 is 0. The normalized spacial score (nSPS) is 15.8. The fourth-order valence-corrected chi connectivity index (χ4v) is 3.64. The first-order valence-corrected chi connectivity index (χ1v) is 9.06. The predicted molar refractivity (Wildman–Crippen MR) is 101 cm³/mol. The molecular weight excluding hydrogens is 326 g/mol. The van der Waals surface area contributed by atoms with Gasteiger partial charge in [-0.2, -0.15) is 0 Å². The Bertz CT molecular complexity index is 1010. The number of para-hydroxylation sites is 1. The van der Waals surface area contributed by atoms with E-state index in [-0.39, 0.29) is 17.5 Å². The molecule has 1 aromatic heterocycles. The van der Waals surface area contributed by atoms with Crippen LogP contribution in [0.2, 0.25) is 0 Å². The minimum absolute atomic E-state index is 0.0508. The van der Waals surface area contributed by atoms with E-state index < -0.39 is 0 Å². The smallest absolute Gasteiger partial charge is 0.258 e. The number of fused-ring (bicyclic) bond motifs is 2. The van der Waals surface area contributed by atoms with Crippen molar-refractivity contribution >= 4 is 16.8 Å². The Hall–Kier alpha value is -2.95. The molecule has 132 valence electrons. The van der Waals surface area contributed by atoms with Crippen LogP contribution in [0.1, 0.15) is 42.3 Å². The maximum Gasteiger partial charge on any atom is 0.258 e. The second kappa shape index (κ2) is 7.12. The summed E-state index contributed by atoms with van der Waals surface area (Å²) in [5, 5.41) is 3.72. The molecule has 1 atom stereocenters. The van der Waals surface area contributed by atoms with Crippen molar-refractivity contribution in [1.29, 1.82) is 0 Å². The van der Waals surface area contributed by atoms with E-state index in [1.807, 2.05) is 30.3 Å². The molecule has 0 saturated heterocycles. The Morgan fingerprint density at radius 3 is 2.88 bits per heavy atom. The number of nitrogens with zero attached hydrogens (tertiary/aromatic N) is 1. The van der Waals surface area contributed by atoms with Crippen LogP contribution in [0, 0.1) is 0 Å². The average Bonchev–Trinajstić information content (AvgIpc) is 3.05. The molecule has 5 heteroatoms. The van der Waals surface area contributed by atoms with Crippen molar-refractivity contribution in [3.05, 3.63) is 75.8 Å². The van der Waals surface area contributed by atoms with Crippen LogP contribution in [-0.2, 0) is 17.6 Å². The summed E-state index contributed by atoms with van der Waals surface area (Å²) in [5.41, 5.74) is 3.13. The molecule has 1 amide bonds. The number of hydrogen-bond donors (Lipinski definition) is 2. The van der Waals surface area contributed by atoms with Crippen LogP contribution in [0.25, 0.3) is 10.9 Å². The van der Waals surface area contributed by atoms with Gasteiger partial charge in [0.2, 0.25) is 5.91 Å². The molecule has 26 heavy (non-hydrogen) atoms. The van der Waals surface area contributed by atoms with Crippen LogP contribution in [0.15, 0.2) is 53.3 Å². The highest BCUT2D eigenvalue weighted by Crippen LogP contribution is 2.30. The van der Waals surface area contributed by atoms with Crippen molar-refractivity contribution in [2.75, 3.05) is 0 Å². The highest BCUT2D eigenvalue weighted by molar-refractivity contribution is 5.77. The number of nitrogens with one attached hydrogen (secondary N) is 2. The van der Waals surface area contributed by atoms with Gasteiger partial charge in [0.25, 0.3) is 5.56 Å². The lowest BCUT2D eigenvalue weighted by Crippen LogP contribution is -2.27. The van der Waals surface area contributed by atoms with Gasteiger partial charge in [0.05, 0.1) is 16.9 Å². The Morgan fingerprint density at radius 1 is 1.15 bits per heavy atom. The van der Waals surface area contributed by atoms with E-state index in [9.17, 15) is 9.59 Å². The largest absolute Gasteiger partial charge is 0.349 e. The second-order valence-electron chi connectivity index (χ2n) is 6.74. The molecule has 2 aromatic carbocycles. The number of carbonyl (C=O) groups excluding carboxylic acids is 1. The molecule has 1 unspecified atom stereocenters. The summed E-state index contributed by atoms with van der Waals surface area (Å²) in [7, 11) is 0. The summed E-state index contributed by atoms with van der Waals surface area (Å²) in [6.45, 7) is 0. The van der Waals surface area contributed by atoms with Gasteiger partial charge in [-0.15, -0.1) is 0 Å². The van der Waals surface area contributed by atoms with Crippen LogP contribution in [-0.4, -0.2) is 15.9 Å². The third-order valence-electron chi connectivity index (χ3n) is 4.95. The van der Waals surface area contributed by atoms with Gasteiger partial charge in [-0.05, 0) is 42.5 Å². The molecule has 0 bridgehead atoms. The first kappa shape index (κ1) is 16.5. The maximum absolute atomic E-state index is 12.3. The number of benzene rings is 2. The molecule has 0 saturated carbocycles. The average molecular weight is 347 g/mol. The summed E-state index contributed by atoms with van der Waals surface area (Å²) in [6.07, 6.45) is 3.64. The highest BCUT2D eigenvalue weighted by Gasteiger charge is 2.23. The SMILES string of the molecule is O=C(CCCc1nc2ccccc2c(=O)[nH]1)NC1CCc2ccccc21. The van der Waals surface area contributed by atoms with E-state index in [0.717, 1.165) is 12.8 Å². The van der Waals surface area contributed by atoms with Crippen molar-refractivity contribution in [2.24, 2.45) is 0 Å².